The van der Waals surface area contributed by atoms with E-state index in [4.69, 9.17) is 0 Å². The van der Waals surface area contributed by atoms with Gasteiger partial charge in [0.25, 0.3) is 0 Å². The van der Waals surface area contributed by atoms with Crippen LogP contribution in [0.5, 0.6) is 0 Å². The first kappa shape index (κ1) is 15.8. The van der Waals surface area contributed by atoms with E-state index in [1.807, 2.05) is 0 Å². The molecule has 0 saturated heterocycles. The molecule has 0 nitrogen and oxygen atoms in total. The molecule has 0 heterocycles. The second kappa shape index (κ2) is 7.19. The summed E-state index contributed by atoms with van der Waals surface area (Å²) < 4.78 is 0. The average Bonchev–Trinajstić information content (AvgIpc) is 2.22. The SMILES string of the molecule is Cc1c(C)c(C)c(C)c(C)c1C.[Br][Ru][Br]. The number of halogens is 2. The predicted molar refractivity (Wildman–Crippen MR) is 72.7 cm³/mol. The molecule has 0 radical (unpaired) electrons. The van der Waals surface area contributed by atoms with E-state index in [-0.39, 0.29) is 0 Å². The van der Waals surface area contributed by atoms with Crippen LogP contribution in [0.15, 0.2) is 0 Å². The quantitative estimate of drug-likeness (QED) is 0.502. The summed E-state index contributed by atoms with van der Waals surface area (Å²) in [6.07, 6.45) is 0. The van der Waals surface area contributed by atoms with Gasteiger partial charge in [-0.2, -0.15) is 0 Å². The summed E-state index contributed by atoms with van der Waals surface area (Å²) in [6, 6.07) is 0. The first-order chi connectivity index (χ1) is 6.88. The Balaban J connectivity index is 0.000000583. The molecular formula is C12H18Br2Ru. The van der Waals surface area contributed by atoms with Crippen LogP contribution in [-0.2, 0) is 13.2 Å². The number of rotatable bonds is 0. The molecule has 15 heavy (non-hydrogen) atoms. The van der Waals surface area contributed by atoms with Crippen LogP contribution < -0.4 is 0 Å². The fourth-order valence-corrected chi connectivity index (χ4v) is 1.69. The molecule has 0 aliphatic carbocycles. The molecule has 0 aromatic heterocycles. The second-order valence-electron chi connectivity index (χ2n) is 3.80. The summed E-state index contributed by atoms with van der Waals surface area (Å²) in [7, 11) is 0. The monoisotopic (exact) mass is 422 g/mol. The Bertz CT molecular complexity index is 241. The standard InChI is InChI=1S/C12H18.2BrH.Ru/c1-7-8(2)10(4)12(6)11(5)9(7)3;;;/h1-6H3;2*1H;/q;;;+2/p-2. The van der Waals surface area contributed by atoms with Crippen LogP contribution in [0.1, 0.15) is 33.4 Å². The van der Waals surface area contributed by atoms with E-state index in [0.717, 1.165) is 0 Å². The van der Waals surface area contributed by atoms with Crippen LogP contribution in [0, 0.1) is 41.5 Å². The topological polar surface area (TPSA) is 0 Å². The molecule has 1 rings (SSSR count). The Labute approximate surface area is 115 Å². The van der Waals surface area contributed by atoms with Gasteiger partial charge >= 0.3 is 40.5 Å². The van der Waals surface area contributed by atoms with Crippen molar-refractivity contribution in [1.29, 1.82) is 0 Å². The molecule has 0 aliphatic rings. The molecule has 0 amide bonds. The Morgan fingerprint density at radius 3 is 0.667 bits per heavy atom. The molecule has 0 saturated carbocycles. The molecule has 0 atom stereocenters. The molecule has 88 valence electrons. The third kappa shape index (κ3) is 3.94. The Hall–Kier alpha value is 0.803. The number of hydrogen-bond donors (Lipinski definition) is 0. The van der Waals surface area contributed by atoms with Crippen molar-refractivity contribution >= 4 is 27.2 Å². The summed E-state index contributed by atoms with van der Waals surface area (Å²) in [5, 5.41) is 0. The van der Waals surface area contributed by atoms with E-state index in [9.17, 15) is 0 Å². The normalized spacial score (nSPS) is 9.87. The summed E-state index contributed by atoms with van der Waals surface area (Å²) in [6.45, 7) is 13.3. The summed E-state index contributed by atoms with van der Waals surface area (Å²) in [5.74, 6) is 0. The Morgan fingerprint density at radius 1 is 0.533 bits per heavy atom. The molecule has 1 aromatic rings. The van der Waals surface area contributed by atoms with Crippen molar-refractivity contribution in [1.82, 2.24) is 0 Å². The van der Waals surface area contributed by atoms with Gasteiger partial charge in [-0.1, -0.05) is 0 Å². The Kier molecular flexibility index (Phi) is 7.58. The summed E-state index contributed by atoms with van der Waals surface area (Å²) >= 11 is 6.64. The van der Waals surface area contributed by atoms with E-state index in [1.54, 1.807) is 0 Å². The third-order valence-electron chi connectivity index (χ3n) is 3.38. The van der Waals surface area contributed by atoms with Gasteiger partial charge in [-0.15, -0.1) is 0 Å². The maximum atomic E-state index is 3.15. The molecular weight excluding hydrogens is 405 g/mol. The van der Waals surface area contributed by atoms with E-state index in [1.165, 1.54) is 33.4 Å². The molecule has 0 spiro atoms. The van der Waals surface area contributed by atoms with Crippen LogP contribution in [0.25, 0.3) is 0 Å². The van der Waals surface area contributed by atoms with Gasteiger partial charge in [0, 0.05) is 0 Å². The molecule has 0 unspecified atom stereocenters. The van der Waals surface area contributed by atoms with Crippen LogP contribution in [0.3, 0.4) is 0 Å². The molecule has 0 fully saturated rings. The zero-order chi connectivity index (χ0) is 12.2. The summed E-state index contributed by atoms with van der Waals surface area (Å²) in [4.78, 5) is 0. The van der Waals surface area contributed by atoms with Crippen LogP contribution in [0.4, 0.5) is 0 Å². The van der Waals surface area contributed by atoms with E-state index < -0.39 is 0 Å². The van der Waals surface area contributed by atoms with Gasteiger partial charge in [0.05, 0.1) is 0 Å². The molecule has 0 N–H and O–H groups in total. The van der Waals surface area contributed by atoms with Crippen molar-refractivity contribution in [3.05, 3.63) is 33.4 Å². The fourth-order valence-electron chi connectivity index (χ4n) is 1.69. The second-order valence-corrected chi connectivity index (χ2v) is 11.8. The Morgan fingerprint density at radius 2 is 0.600 bits per heavy atom. The van der Waals surface area contributed by atoms with Crippen LogP contribution in [-0.4, -0.2) is 0 Å². The summed E-state index contributed by atoms with van der Waals surface area (Å²) in [5.41, 5.74) is 8.73. The van der Waals surface area contributed by atoms with E-state index >= 15 is 0 Å². The van der Waals surface area contributed by atoms with E-state index in [2.05, 4.69) is 68.8 Å². The van der Waals surface area contributed by atoms with Crippen molar-refractivity contribution in [2.45, 2.75) is 41.5 Å². The molecule has 0 bridgehead atoms. The van der Waals surface area contributed by atoms with Gasteiger partial charge < -0.3 is 0 Å². The average molecular weight is 423 g/mol. The van der Waals surface area contributed by atoms with E-state index in [0.29, 0.717) is 13.2 Å². The van der Waals surface area contributed by atoms with Crippen LogP contribution in [0.2, 0.25) is 0 Å². The first-order valence-corrected chi connectivity index (χ1v) is 12.7. The number of hydrogen-bond acceptors (Lipinski definition) is 0. The van der Waals surface area contributed by atoms with Crippen molar-refractivity contribution in [2.75, 3.05) is 0 Å². The minimum absolute atomic E-state index is 0.335. The fraction of sp³-hybridized carbons (Fsp3) is 0.500. The predicted octanol–water partition coefficient (Wildman–Crippen LogP) is 5.23. The van der Waals surface area contributed by atoms with Crippen molar-refractivity contribution in [2.24, 2.45) is 0 Å². The van der Waals surface area contributed by atoms with Gasteiger partial charge in [0.15, 0.2) is 0 Å². The zero-order valence-electron chi connectivity index (χ0n) is 10.1. The van der Waals surface area contributed by atoms with Gasteiger partial charge in [-0.3, -0.25) is 0 Å². The molecule has 3 heteroatoms. The van der Waals surface area contributed by atoms with Crippen molar-refractivity contribution in [3.8, 4) is 0 Å². The van der Waals surface area contributed by atoms with Gasteiger partial charge in [-0.25, -0.2) is 0 Å². The number of benzene rings is 1. The van der Waals surface area contributed by atoms with Gasteiger partial charge in [-0.05, 0) is 74.9 Å². The molecule has 0 aliphatic heterocycles. The first-order valence-electron chi connectivity index (χ1n) is 4.77. The van der Waals surface area contributed by atoms with Gasteiger partial charge in [0.2, 0.25) is 0 Å². The van der Waals surface area contributed by atoms with Crippen LogP contribution >= 0.6 is 27.2 Å². The molecule has 1 aromatic carbocycles. The third-order valence-corrected chi connectivity index (χ3v) is 3.38. The minimum atomic E-state index is 0.335. The van der Waals surface area contributed by atoms with Gasteiger partial charge in [0.1, 0.15) is 0 Å². The van der Waals surface area contributed by atoms with Crippen molar-refractivity contribution < 1.29 is 13.2 Å². The zero-order valence-corrected chi connectivity index (χ0v) is 15.0. The van der Waals surface area contributed by atoms with Crippen molar-refractivity contribution in [3.63, 3.8) is 0 Å². The maximum absolute atomic E-state index is 3.15.